The lowest BCUT2D eigenvalue weighted by Crippen LogP contribution is -2.23. The fraction of sp³-hybridized carbons (Fsp3) is 0.600. The molecule has 3 N–H and O–H groups in total. The predicted octanol–water partition coefficient (Wildman–Crippen LogP) is 4.74. The number of allylic oxidation sites excluding steroid dienone is 2. The molecule has 0 saturated heterocycles. The highest BCUT2D eigenvalue weighted by Crippen LogP contribution is 2.31. The molecule has 2 unspecified atom stereocenters. The summed E-state index contributed by atoms with van der Waals surface area (Å²) in [6.07, 6.45) is 6.00. The Hall–Kier alpha value is -2.54. The Morgan fingerprint density at radius 1 is 1.03 bits per heavy atom. The second kappa shape index (κ2) is 14.5. The highest BCUT2D eigenvalue weighted by atomic mass is 16.5. The number of hydrazone groups is 1. The van der Waals surface area contributed by atoms with Gasteiger partial charge in [-0.2, -0.15) is 5.10 Å². The van der Waals surface area contributed by atoms with Gasteiger partial charge >= 0.3 is 5.97 Å². The molecule has 0 saturated carbocycles. The molecular formula is C25H40N2O5. The number of aliphatic carboxylic acids is 1. The third kappa shape index (κ3) is 8.54. The first-order chi connectivity index (χ1) is 15.3. The van der Waals surface area contributed by atoms with Gasteiger partial charge < -0.3 is 25.2 Å². The van der Waals surface area contributed by atoms with E-state index in [0.29, 0.717) is 37.6 Å². The molecule has 0 bridgehead atoms. The molecule has 0 aliphatic rings. The lowest BCUT2D eigenvalue weighted by molar-refractivity contribution is -0.143. The molecule has 0 aliphatic carbocycles. The summed E-state index contributed by atoms with van der Waals surface area (Å²) in [5.41, 5.74) is 1.67. The molecule has 0 aliphatic heterocycles. The van der Waals surface area contributed by atoms with E-state index in [1.54, 1.807) is 14.2 Å². The number of carboxylic acids is 1. The van der Waals surface area contributed by atoms with Crippen molar-refractivity contribution in [1.82, 2.24) is 0 Å². The number of rotatable bonds is 15. The maximum atomic E-state index is 11.4. The zero-order valence-electron chi connectivity index (χ0n) is 20.3. The fourth-order valence-corrected chi connectivity index (χ4v) is 3.56. The van der Waals surface area contributed by atoms with Crippen molar-refractivity contribution in [2.45, 2.75) is 47.0 Å². The summed E-state index contributed by atoms with van der Waals surface area (Å²) in [6, 6.07) is 5.71. The Balaban J connectivity index is 3.01. The van der Waals surface area contributed by atoms with Crippen LogP contribution in [0.2, 0.25) is 0 Å². The summed E-state index contributed by atoms with van der Waals surface area (Å²) in [4.78, 5) is 11.4. The van der Waals surface area contributed by atoms with Gasteiger partial charge in [-0.25, -0.2) is 0 Å². The smallest absolute Gasteiger partial charge is 0.307 e. The zero-order valence-corrected chi connectivity index (χ0v) is 20.3. The molecule has 0 aromatic heterocycles. The van der Waals surface area contributed by atoms with Crippen molar-refractivity contribution >= 4 is 11.7 Å². The highest BCUT2D eigenvalue weighted by Gasteiger charge is 2.23. The number of hydrogen-bond donors (Lipinski definition) is 2. The van der Waals surface area contributed by atoms with E-state index in [1.807, 2.05) is 44.2 Å². The van der Waals surface area contributed by atoms with Gasteiger partial charge in [0, 0.05) is 31.6 Å². The lowest BCUT2D eigenvalue weighted by atomic mass is 9.84. The van der Waals surface area contributed by atoms with E-state index in [0.717, 1.165) is 17.7 Å². The van der Waals surface area contributed by atoms with E-state index in [9.17, 15) is 9.90 Å². The molecule has 7 heteroatoms. The van der Waals surface area contributed by atoms with Crippen LogP contribution in [0.15, 0.2) is 35.5 Å². The van der Waals surface area contributed by atoms with Crippen LogP contribution in [0.25, 0.3) is 0 Å². The van der Waals surface area contributed by atoms with Crippen molar-refractivity contribution in [3.63, 3.8) is 0 Å². The van der Waals surface area contributed by atoms with Crippen molar-refractivity contribution in [1.29, 1.82) is 0 Å². The van der Waals surface area contributed by atoms with E-state index in [2.05, 4.69) is 18.9 Å². The van der Waals surface area contributed by atoms with Crippen LogP contribution in [0.5, 0.6) is 11.5 Å². The van der Waals surface area contributed by atoms with E-state index in [1.165, 1.54) is 0 Å². The number of nitrogens with zero attached hydrogens (tertiary/aromatic N) is 1. The van der Waals surface area contributed by atoms with Crippen molar-refractivity contribution < 1.29 is 24.1 Å². The van der Waals surface area contributed by atoms with Gasteiger partial charge in [0.2, 0.25) is 0 Å². The largest absolute Gasteiger partial charge is 0.493 e. The summed E-state index contributed by atoms with van der Waals surface area (Å²) < 4.78 is 16.4. The minimum atomic E-state index is -0.759. The quantitative estimate of drug-likeness (QED) is 0.132. The lowest BCUT2D eigenvalue weighted by Gasteiger charge is -2.22. The summed E-state index contributed by atoms with van der Waals surface area (Å²) in [5.74, 6) is 6.43. The monoisotopic (exact) mass is 448 g/mol. The van der Waals surface area contributed by atoms with Crippen molar-refractivity contribution in [2.75, 3.05) is 27.4 Å². The molecule has 0 amide bonds. The van der Waals surface area contributed by atoms with Gasteiger partial charge in [0.1, 0.15) is 0 Å². The van der Waals surface area contributed by atoms with Gasteiger partial charge in [-0.15, -0.1) is 0 Å². The van der Waals surface area contributed by atoms with Crippen LogP contribution in [0, 0.1) is 23.7 Å². The molecule has 1 rings (SSSR count). The standard InChI is InChI=1S/C25H40N2O5/c1-17(2)20(10-7-8-11-21(18(3)4)25(28)29)24(27-26)19-12-13-22(31-6)23(16-19)32-15-9-14-30-5/h7-8,12-13,16-18,20-21H,9-11,14-15,26H2,1-6H3,(H,28,29)/b8-7+,27-24?. The van der Waals surface area contributed by atoms with Crippen LogP contribution < -0.4 is 15.3 Å². The third-order valence-corrected chi connectivity index (χ3v) is 5.57. The maximum absolute atomic E-state index is 11.4. The van der Waals surface area contributed by atoms with Crippen molar-refractivity contribution in [3.8, 4) is 11.5 Å². The molecule has 0 radical (unpaired) electrons. The van der Waals surface area contributed by atoms with Crippen LogP contribution in [-0.2, 0) is 9.53 Å². The molecule has 0 heterocycles. The number of hydrogen-bond acceptors (Lipinski definition) is 6. The number of methoxy groups -OCH3 is 2. The zero-order chi connectivity index (χ0) is 24.1. The molecule has 1 aromatic carbocycles. The Morgan fingerprint density at radius 2 is 1.66 bits per heavy atom. The van der Waals surface area contributed by atoms with Gasteiger partial charge in [0.15, 0.2) is 11.5 Å². The molecular weight excluding hydrogens is 408 g/mol. The van der Waals surface area contributed by atoms with Crippen LogP contribution in [0.4, 0.5) is 0 Å². The Bertz CT molecular complexity index is 759. The molecule has 0 spiro atoms. The Labute approximate surface area is 192 Å². The Morgan fingerprint density at radius 3 is 2.16 bits per heavy atom. The minimum absolute atomic E-state index is 0.0771. The molecule has 7 nitrogen and oxygen atoms in total. The number of carbonyl (C=O) groups is 1. The number of benzene rings is 1. The molecule has 0 fully saturated rings. The van der Waals surface area contributed by atoms with Crippen molar-refractivity contribution in [3.05, 3.63) is 35.9 Å². The van der Waals surface area contributed by atoms with E-state index >= 15 is 0 Å². The average molecular weight is 449 g/mol. The summed E-state index contributed by atoms with van der Waals surface area (Å²) >= 11 is 0. The predicted molar refractivity (Wildman–Crippen MR) is 128 cm³/mol. The van der Waals surface area contributed by atoms with Gasteiger partial charge in [-0.3, -0.25) is 4.79 Å². The van der Waals surface area contributed by atoms with Crippen LogP contribution >= 0.6 is 0 Å². The van der Waals surface area contributed by atoms with Crippen LogP contribution in [-0.4, -0.2) is 44.2 Å². The van der Waals surface area contributed by atoms with E-state index in [4.69, 9.17) is 20.1 Å². The minimum Gasteiger partial charge on any atom is -0.493 e. The maximum Gasteiger partial charge on any atom is 0.307 e. The highest BCUT2D eigenvalue weighted by molar-refractivity contribution is 6.02. The van der Waals surface area contributed by atoms with E-state index in [-0.39, 0.29) is 23.7 Å². The topological polar surface area (TPSA) is 103 Å². The van der Waals surface area contributed by atoms with Crippen LogP contribution in [0.3, 0.4) is 0 Å². The SMILES string of the molecule is COCCCOc1cc(C(=NN)C(C/C=C/CC(C(=O)O)C(C)C)C(C)C)ccc1OC. The third-order valence-electron chi connectivity index (χ3n) is 5.57. The van der Waals surface area contributed by atoms with Crippen molar-refractivity contribution in [2.24, 2.45) is 34.6 Å². The van der Waals surface area contributed by atoms with Gasteiger partial charge in [0.05, 0.1) is 25.3 Å². The Kier molecular flexibility index (Phi) is 12.5. The second-order valence-corrected chi connectivity index (χ2v) is 8.56. The molecule has 2 atom stereocenters. The summed E-state index contributed by atoms with van der Waals surface area (Å²) in [5, 5.41) is 13.5. The number of carboxylic acid groups (broad SMARTS) is 1. The average Bonchev–Trinajstić information content (AvgIpc) is 2.75. The van der Waals surface area contributed by atoms with Gasteiger partial charge in [0.25, 0.3) is 0 Å². The molecule has 1 aromatic rings. The summed E-state index contributed by atoms with van der Waals surface area (Å²) in [7, 11) is 3.27. The first kappa shape index (κ1) is 27.5. The first-order valence-electron chi connectivity index (χ1n) is 11.2. The number of nitrogens with two attached hydrogens (primary N) is 1. The first-order valence-corrected chi connectivity index (χ1v) is 11.2. The normalized spacial score (nSPS) is 14.2. The van der Waals surface area contributed by atoms with Gasteiger partial charge in [-0.1, -0.05) is 39.8 Å². The molecule has 32 heavy (non-hydrogen) atoms. The van der Waals surface area contributed by atoms with Crippen LogP contribution in [0.1, 0.15) is 52.5 Å². The fourth-order valence-electron chi connectivity index (χ4n) is 3.56. The van der Waals surface area contributed by atoms with E-state index < -0.39 is 5.97 Å². The van der Waals surface area contributed by atoms with Gasteiger partial charge in [-0.05, 0) is 42.9 Å². The summed E-state index contributed by atoms with van der Waals surface area (Å²) in [6.45, 7) is 9.26. The number of ether oxygens (including phenoxy) is 3. The molecule has 180 valence electrons. The second-order valence-electron chi connectivity index (χ2n) is 8.56.